The van der Waals surface area contributed by atoms with Gasteiger partial charge in [0.2, 0.25) is 0 Å². The summed E-state index contributed by atoms with van der Waals surface area (Å²) in [5, 5.41) is 10.5. The maximum Gasteiger partial charge on any atom is 0.472 e. The molecule has 0 radical (unpaired) electrons. The van der Waals surface area contributed by atoms with E-state index in [1.165, 1.54) is 109 Å². The van der Waals surface area contributed by atoms with Gasteiger partial charge in [-0.25, -0.2) is 9.13 Å². The van der Waals surface area contributed by atoms with Crippen LogP contribution in [0.2, 0.25) is 0 Å². The summed E-state index contributed by atoms with van der Waals surface area (Å²) in [6.45, 7) is 11.6. The molecule has 0 fully saturated rings. The van der Waals surface area contributed by atoms with Crippen molar-refractivity contribution in [1.82, 2.24) is 0 Å². The molecule has 486 valence electrons. The number of hydrogen-bond acceptors (Lipinski definition) is 15. The van der Waals surface area contributed by atoms with Crippen LogP contribution < -0.4 is 0 Å². The lowest BCUT2D eigenvalue weighted by Gasteiger charge is -2.21. The van der Waals surface area contributed by atoms with E-state index in [4.69, 9.17) is 37.0 Å². The van der Waals surface area contributed by atoms with Crippen LogP contribution in [0.15, 0.2) is 0 Å². The number of carbonyl (C=O) groups excluding carboxylic acids is 4. The molecule has 0 amide bonds. The molecule has 0 aliphatic heterocycles. The van der Waals surface area contributed by atoms with Crippen LogP contribution in [0.25, 0.3) is 0 Å². The molecule has 0 heterocycles. The Bertz CT molecular complexity index is 1630. The minimum atomic E-state index is -4.94. The number of phosphoric acid groups is 2. The molecule has 0 aromatic heterocycles. The van der Waals surface area contributed by atoms with E-state index < -0.39 is 97.5 Å². The van der Waals surface area contributed by atoms with Gasteiger partial charge in [-0.1, -0.05) is 254 Å². The topological polar surface area (TPSA) is 237 Å². The van der Waals surface area contributed by atoms with Crippen molar-refractivity contribution in [3.05, 3.63) is 0 Å². The molecule has 82 heavy (non-hydrogen) atoms. The Balaban J connectivity index is 5.23. The van der Waals surface area contributed by atoms with E-state index in [1.807, 2.05) is 0 Å². The molecule has 0 aromatic carbocycles. The largest absolute Gasteiger partial charge is 0.472 e. The van der Waals surface area contributed by atoms with Crippen LogP contribution in [-0.4, -0.2) is 96.7 Å². The smallest absolute Gasteiger partial charge is 0.462 e. The summed E-state index contributed by atoms with van der Waals surface area (Å²) in [5.41, 5.74) is 0. The van der Waals surface area contributed by atoms with Crippen LogP contribution in [0.4, 0.5) is 0 Å². The fourth-order valence-corrected chi connectivity index (χ4v) is 10.9. The van der Waals surface area contributed by atoms with Crippen molar-refractivity contribution in [3.8, 4) is 0 Å². The predicted molar refractivity (Wildman–Crippen MR) is 326 cm³/mol. The van der Waals surface area contributed by atoms with Gasteiger partial charge in [0, 0.05) is 25.7 Å². The van der Waals surface area contributed by atoms with Crippen molar-refractivity contribution >= 4 is 39.5 Å². The van der Waals surface area contributed by atoms with Gasteiger partial charge >= 0.3 is 39.5 Å². The van der Waals surface area contributed by atoms with E-state index in [0.717, 1.165) is 102 Å². The number of esters is 4. The zero-order chi connectivity index (χ0) is 61.0. The number of carbonyl (C=O) groups is 4. The third kappa shape index (κ3) is 55.9. The van der Waals surface area contributed by atoms with Gasteiger partial charge < -0.3 is 33.8 Å². The Morgan fingerprint density at radius 2 is 0.622 bits per heavy atom. The molecular formula is C63H122O17P2. The number of rotatable bonds is 61. The number of aliphatic hydroxyl groups is 1. The fraction of sp³-hybridized carbons (Fsp3) is 0.937. The Kier molecular flexibility index (Phi) is 53.2. The van der Waals surface area contributed by atoms with Crippen LogP contribution in [-0.2, 0) is 65.4 Å². The van der Waals surface area contributed by atoms with Gasteiger partial charge in [-0.3, -0.25) is 37.3 Å². The number of unbranched alkanes of at least 4 members (excludes halogenated alkanes) is 28. The summed E-state index contributed by atoms with van der Waals surface area (Å²) in [7, 11) is -9.88. The molecule has 0 aliphatic rings. The van der Waals surface area contributed by atoms with E-state index in [-0.39, 0.29) is 25.7 Å². The first kappa shape index (κ1) is 80.1. The van der Waals surface area contributed by atoms with Gasteiger partial charge in [0.05, 0.1) is 26.4 Å². The molecule has 0 aliphatic carbocycles. The Hall–Kier alpha value is -1.94. The molecule has 0 saturated heterocycles. The van der Waals surface area contributed by atoms with Crippen LogP contribution in [0.1, 0.15) is 305 Å². The summed E-state index contributed by atoms with van der Waals surface area (Å²) >= 11 is 0. The first-order valence-electron chi connectivity index (χ1n) is 32.9. The van der Waals surface area contributed by atoms with Crippen LogP contribution in [0, 0.1) is 17.8 Å². The normalized spacial score (nSPS) is 14.7. The predicted octanol–water partition coefficient (Wildman–Crippen LogP) is 17.1. The van der Waals surface area contributed by atoms with Crippen LogP contribution >= 0.6 is 15.6 Å². The highest BCUT2D eigenvalue weighted by molar-refractivity contribution is 7.47. The van der Waals surface area contributed by atoms with Gasteiger partial charge in [-0.2, -0.15) is 0 Å². The molecular weight excluding hydrogens is 1090 g/mol. The second-order valence-electron chi connectivity index (χ2n) is 24.0. The highest BCUT2D eigenvalue weighted by Crippen LogP contribution is 2.45. The molecule has 3 N–H and O–H groups in total. The number of phosphoric ester groups is 2. The van der Waals surface area contributed by atoms with Gasteiger partial charge in [-0.05, 0) is 43.4 Å². The van der Waals surface area contributed by atoms with Gasteiger partial charge in [0.25, 0.3) is 0 Å². The maximum absolute atomic E-state index is 13.0. The van der Waals surface area contributed by atoms with Crippen molar-refractivity contribution in [2.24, 2.45) is 17.8 Å². The van der Waals surface area contributed by atoms with Crippen molar-refractivity contribution in [1.29, 1.82) is 0 Å². The number of hydrogen-bond donors (Lipinski definition) is 3. The lowest BCUT2D eigenvalue weighted by molar-refractivity contribution is -0.161. The Morgan fingerprint density at radius 1 is 0.354 bits per heavy atom. The SMILES string of the molecule is CCCCCCCCCCCCC(=O)OC[C@H](COP(=O)(O)OC[C@@H](O)COP(=O)(O)OC[C@@H](COC(=O)CCCCCCCCC(C)C)OC(=O)CCCCCCCCC(C)C)OC(=O)CCCCCCCCCCCCC(C)CC. The quantitative estimate of drug-likeness (QED) is 0.0222. The average molecular weight is 1210 g/mol. The van der Waals surface area contributed by atoms with E-state index >= 15 is 0 Å². The van der Waals surface area contributed by atoms with Gasteiger partial charge in [-0.15, -0.1) is 0 Å². The standard InChI is InChI=1S/C63H122O17P2/c1-8-10-11-12-13-14-18-21-30-37-44-60(65)73-50-58(79-62(67)46-39-32-22-19-16-15-17-20-29-36-43-56(7)9-2)52-77-81(69,70)75-48-57(64)49-76-82(71,72)78-53-59(80-63(68)47-40-33-26-24-28-35-42-55(5)6)51-74-61(66)45-38-31-25-23-27-34-41-54(3)4/h54-59,64H,8-53H2,1-7H3,(H,69,70)(H,71,72)/t56?,57-,58-,59-/m1/s1. The highest BCUT2D eigenvalue weighted by atomic mass is 31.2. The van der Waals surface area contributed by atoms with Crippen LogP contribution in [0.3, 0.4) is 0 Å². The van der Waals surface area contributed by atoms with Crippen molar-refractivity contribution in [2.75, 3.05) is 39.6 Å². The average Bonchev–Trinajstić information content (AvgIpc) is 3.46. The second-order valence-corrected chi connectivity index (χ2v) is 26.9. The highest BCUT2D eigenvalue weighted by Gasteiger charge is 2.30. The summed E-state index contributed by atoms with van der Waals surface area (Å²) in [6.07, 6.45) is 35.0. The van der Waals surface area contributed by atoms with Crippen molar-refractivity contribution in [3.63, 3.8) is 0 Å². The lowest BCUT2D eigenvalue weighted by Crippen LogP contribution is -2.30. The molecule has 0 aromatic rings. The number of aliphatic hydroxyl groups excluding tert-OH is 1. The Morgan fingerprint density at radius 3 is 0.927 bits per heavy atom. The minimum absolute atomic E-state index is 0.101. The molecule has 0 rings (SSSR count). The van der Waals surface area contributed by atoms with Crippen LogP contribution in [0.5, 0.6) is 0 Å². The molecule has 3 unspecified atom stereocenters. The zero-order valence-corrected chi connectivity index (χ0v) is 54.7. The third-order valence-electron chi connectivity index (χ3n) is 14.7. The first-order valence-corrected chi connectivity index (χ1v) is 35.9. The van der Waals surface area contributed by atoms with Crippen molar-refractivity contribution in [2.45, 2.75) is 324 Å². The van der Waals surface area contributed by atoms with E-state index in [9.17, 15) is 43.2 Å². The summed E-state index contributed by atoms with van der Waals surface area (Å²) in [6, 6.07) is 0. The zero-order valence-electron chi connectivity index (χ0n) is 52.9. The van der Waals surface area contributed by atoms with E-state index in [1.54, 1.807) is 0 Å². The second kappa shape index (κ2) is 54.5. The molecule has 0 bridgehead atoms. The monoisotopic (exact) mass is 1210 g/mol. The summed E-state index contributed by atoms with van der Waals surface area (Å²) in [4.78, 5) is 72.1. The molecule has 6 atom stereocenters. The van der Waals surface area contributed by atoms with E-state index in [2.05, 4.69) is 48.5 Å². The third-order valence-corrected chi connectivity index (χ3v) is 16.6. The number of ether oxygens (including phenoxy) is 4. The maximum atomic E-state index is 13.0. The van der Waals surface area contributed by atoms with Gasteiger partial charge in [0.15, 0.2) is 12.2 Å². The molecule has 0 spiro atoms. The first-order chi connectivity index (χ1) is 39.3. The van der Waals surface area contributed by atoms with Crippen molar-refractivity contribution < 1.29 is 80.2 Å². The summed E-state index contributed by atoms with van der Waals surface area (Å²) < 4.78 is 67.9. The molecule has 19 heteroatoms. The molecule has 0 saturated carbocycles. The van der Waals surface area contributed by atoms with Gasteiger partial charge in [0.1, 0.15) is 19.3 Å². The summed E-state index contributed by atoms with van der Waals surface area (Å²) in [5.74, 6) is 0.00916. The Labute approximate surface area is 498 Å². The fourth-order valence-electron chi connectivity index (χ4n) is 9.27. The van der Waals surface area contributed by atoms with E-state index in [0.29, 0.717) is 37.5 Å². The minimum Gasteiger partial charge on any atom is -0.462 e. The lowest BCUT2D eigenvalue weighted by atomic mass is 9.99. The molecule has 17 nitrogen and oxygen atoms in total.